The monoisotopic (exact) mass is 306 g/mol. The van der Waals surface area contributed by atoms with Gasteiger partial charge in [0.05, 0.1) is 5.56 Å². The van der Waals surface area contributed by atoms with Gasteiger partial charge in [0.25, 0.3) is 5.91 Å². The Bertz CT molecular complexity index is 671. The van der Waals surface area contributed by atoms with Crippen LogP contribution in [0.15, 0.2) is 54.9 Å². The summed E-state index contributed by atoms with van der Waals surface area (Å²) in [4.78, 5) is 16.6. The van der Waals surface area contributed by atoms with E-state index in [0.29, 0.717) is 17.4 Å². The van der Waals surface area contributed by atoms with Crippen molar-refractivity contribution >= 4 is 5.91 Å². The summed E-state index contributed by atoms with van der Waals surface area (Å²) in [6.45, 7) is 0. The predicted molar refractivity (Wildman–Crippen MR) is 90.1 cm³/mol. The molecule has 2 saturated carbocycles. The number of nitrogens with zero attached hydrogens (tertiary/aromatic N) is 1. The Morgan fingerprint density at radius 2 is 1.78 bits per heavy atom. The zero-order chi connectivity index (χ0) is 15.6. The molecule has 0 bridgehead atoms. The molecular weight excluding hydrogens is 284 g/mol. The minimum absolute atomic E-state index is 0.00746. The van der Waals surface area contributed by atoms with E-state index in [1.807, 2.05) is 12.1 Å². The van der Waals surface area contributed by atoms with Crippen LogP contribution in [0.5, 0.6) is 0 Å². The van der Waals surface area contributed by atoms with Crippen LogP contribution in [0.25, 0.3) is 0 Å². The Kier molecular flexibility index (Phi) is 3.86. The van der Waals surface area contributed by atoms with Crippen molar-refractivity contribution in [2.75, 3.05) is 0 Å². The summed E-state index contributed by atoms with van der Waals surface area (Å²) in [5, 5.41) is 3.30. The molecule has 2 fully saturated rings. The van der Waals surface area contributed by atoms with Gasteiger partial charge in [-0.3, -0.25) is 9.78 Å². The Labute approximate surface area is 137 Å². The van der Waals surface area contributed by atoms with Gasteiger partial charge in [0, 0.05) is 24.4 Å². The average molecular weight is 306 g/mol. The normalized spacial score (nSPS) is 29.2. The quantitative estimate of drug-likeness (QED) is 0.937. The van der Waals surface area contributed by atoms with Crippen LogP contribution in [-0.2, 0) is 0 Å². The molecule has 2 aliphatic carbocycles. The summed E-state index contributed by atoms with van der Waals surface area (Å²) in [6, 6.07) is 14.6. The molecule has 118 valence electrons. The van der Waals surface area contributed by atoms with Crippen molar-refractivity contribution in [2.24, 2.45) is 11.8 Å². The number of rotatable bonds is 3. The fourth-order valence-electron chi connectivity index (χ4n) is 4.53. The smallest absolute Gasteiger partial charge is 0.253 e. The number of fused-ring (bicyclic) bond motifs is 1. The van der Waals surface area contributed by atoms with Crippen LogP contribution in [-0.4, -0.2) is 16.9 Å². The highest BCUT2D eigenvalue weighted by molar-refractivity contribution is 5.94. The number of hydrogen-bond acceptors (Lipinski definition) is 2. The molecule has 2 aliphatic rings. The number of aromatic nitrogens is 1. The second-order valence-electron chi connectivity index (χ2n) is 6.79. The van der Waals surface area contributed by atoms with Crippen LogP contribution in [0.3, 0.4) is 0 Å². The van der Waals surface area contributed by atoms with Crippen LogP contribution < -0.4 is 5.32 Å². The highest BCUT2D eigenvalue weighted by atomic mass is 16.1. The lowest BCUT2D eigenvalue weighted by atomic mass is 9.53. The van der Waals surface area contributed by atoms with Gasteiger partial charge in [0.15, 0.2) is 0 Å². The highest BCUT2D eigenvalue weighted by Gasteiger charge is 2.51. The van der Waals surface area contributed by atoms with Crippen LogP contribution in [0.1, 0.15) is 47.5 Å². The van der Waals surface area contributed by atoms with Crippen molar-refractivity contribution in [1.82, 2.24) is 10.3 Å². The number of carbonyl (C=O) groups excluding carboxylic acids is 1. The standard InChI is InChI=1S/C20H22N2O/c23-20(15-9-6-12-21-13-15)22-19-17-11-5-4-10-16(17)18(19)14-7-2-1-3-8-14/h1-3,6-9,12-13,16-19H,4-5,10-11H2,(H,22,23)/t16?,17?,18-,19-/m0/s1. The molecule has 3 heteroatoms. The second-order valence-corrected chi connectivity index (χ2v) is 6.79. The first-order valence-electron chi connectivity index (χ1n) is 8.60. The molecule has 1 aromatic heterocycles. The number of amides is 1. The third kappa shape index (κ3) is 2.65. The van der Waals surface area contributed by atoms with Crippen LogP contribution in [0.4, 0.5) is 0 Å². The van der Waals surface area contributed by atoms with E-state index in [2.05, 4.69) is 40.6 Å². The van der Waals surface area contributed by atoms with Gasteiger partial charge in [0.1, 0.15) is 0 Å². The third-order valence-corrected chi connectivity index (χ3v) is 5.59. The minimum Gasteiger partial charge on any atom is -0.348 e. The number of nitrogens with one attached hydrogen (secondary N) is 1. The van der Waals surface area contributed by atoms with Gasteiger partial charge < -0.3 is 5.32 Å². The van der Waals surface area contributed by atoms with Crippen molar-refractivity contribution in [3.63, 3.8) is 0 Å². The molecule has 0 aliphatic heterocycles. The molecule has 1 heterocycles. The molecule has 0 spiro atoms. The molecular formula is C20H22N2O. The van der Waals surface area contributed by atoms with E-state index in [0.717, 1.165) is 5.92 Å². The zero-order valence-corrected chi connectivity index (χ0v) is 13.2. The fraction of sp³-hybridized carbons (Fsp3) is 0.400. The molecule has 2 unspecified atom stereocenters. The van der Waals surface area contributed by atoms with Gasteiger partial charge in [-0.2, -0.15) is 0 Å². The first kappa shape index (κ1) is 14.4. The number of hydrogen-bond donors (Lipinski definition) is 1. The zero-order valence-electron chi connectivity index (χ0n) is 13.2. The van der Waals surface area contributed by atoms with Crippen LogP contribution >= 0.6 is 0 Å². The number of carbonyl (C=O) groups is 1. The van der Waals surface area contributed by atoms with Gasteiger partial charge in [0.2, 0.25) is 0 Å². The average Bonchev–Trinajstić information content (AvgIpc) is 2.61. The largest absolute Gasteiger partial charge is 0.348 e. The molecule has 4 atom stereocenters. The molecule has 1 aromatic carbocycles. The molecule has 2 aromatic rings. The predicted octanol–water partition coefficient (Wildman–Crippen LogP) is 3.78. The van der Waals surface area contributed by atoms with E-state index in [-0.39, 0.29) is 11.9 Å². The molecule has 0 radical (unpaired) electrons. The van der Waals surface area contributed by atoms with Crippen LogP contribution in [0.2, 0.25) is 0 Å². The number of pyridine rings is 1. The Morgan fingerprint density at radius 1 is 1.00 bits per heavy atom. The van der Waals surface area contributed by atoms with E-state index in [4.69, 9.17) is 0 Å². The first-order valence-corrected chi connectivity index (χ1v) is 8.60. The Balaban J connectivity index is 1.56. The highest BCUT2D eigenvalue weighted by Crippen LogP contribution is 2.54. The summed E-state index contributed by atoms with van der Waals surface area (Å²) in [6.07, 6.45) is 8.50. The second kappa shape index (κ2) is 6.15. The maximum Gasteiger partial charge on any atom is 0.253 e. The molecule has 1 amide bonds. The van der Waals surface area contributed by atoms with Crippen LogP contribution in [0, 0.1) is 11.8 Å². The van der Waals surface area contributed by atoms with Crippen molar-refractivity contribution in [2.45, 2.75) is 37.6 Å². The van der Waals surface area contributed by atoms with Crippen molar-refractivity contribution in [1.29, 1.82) is 0 Å². The van der Waals surface area contributed by atoms with Gasteiger partial charge in [-0.25, -0.2) is 0 Å². The molecule has 23 heavy (non-hydrogen) atoms. The Morgan fingerprint density at radius 3 is 2.52 bits per heavy atom. The summed E-state index contributed by atoms with van der Waals surface area (Å²) in [5.41, 5.74) is 2.02. The number of benzene rings is 1. The molecule has 3 nitrogen and oxygen atoms in total. The SMILES string of the molecule is O=C(N[C@H]1C2CCCCC2[C@@H]1c1ccccc1)c1cccnc1. The lowest BCUT2D eigenvalue weighted by Crippen LogP contribution is -2.59. The lowest BCUT2D eigenvalue weighted by Gasteiger charge is -2.55. The molecule has 1 N–H and O–H groups in total. The molecule has 4 rings (SSSR count). The minimum atomic E-state index is 0.00746. The van der Waals surface area contributed by atoms with Crippen molar-refractivity contribution in [3.8, 4) is 0 Å². The fourth-order valence-corrected chi connectivity index (χ4v) is 4.53. The summed E-state index contributed by atoms with van der Waals surface area (Å²) >= 11 is 0. The van der Waals surface area contributed by atoms with E-state index < -0.39 is 0 Å². The molecule has 0 saturated heterocycles. The van der Waals surface area contributed by atoms with E-state index >= 15 is 0 Å². The lowest BCUT2D eigenvalue weighted by molar-refractivity contribution is 0.0252. The van der Waals surface area contributed by atoms with Gasteiger partial charge in [-0.05, 0) is 42.4 Å². The maximum atomic E-state index is 12.5. The van der Waals surface area contributed by atoms with E-state index in [9.17, 15) is 4.79 Å². The maximum absolute atomic E-state index is 12.5. The van der Waals surface area contributed by atoms with Crippen molar-refractivity contribution in [3.05, 3.63) is 66.0 Å². The third-order valence-electron chi connectivity index (χ3n) is 5.59. The summed E-state index contributed by atoms with van der Waals surface area (Å²) in [5.74, 6) is 1.83. The van der Waals surface area contributed by atoms with Gasteiger partial charge in [-0.1, -0.05) is 43.2 Å². The summed E-state index contributed by atoms with van der Waals surface area (Å²) < 4.78 is 0. The van der Waals surface area contributed by atoms with Gasteiger partial charge >= 0.3 is 0 Å². The summed E-state index contributed by atoms with van der Waals surface area (Å²) in [7, 11) is 0. The van der Waals surface area contributed by atoms with Gasteiger partial charge in [-0.15, -0.1) is 0 Å². The topological polar surface area (TPSA) is 42.0 Å². The van der Waals surface area contributed by atoms with E-state index in [1.165, 1.54) is 31.2 Å². The first-order chi connectivity index (χ1) is 11.3. The van der Waals surface area contributed by atoms with E-state index in [1.54, 1.807) is 12.4 Å². The van der Waals surface area contributed by atoms with Crippen molar-refractivity contribution < 1.29 is 4.79 Å². The Hall–Kier alpha value is -2.16.